The summed E-state index contributed by atoms with van der Waals surface area (Å²) >= 11 is 0. The van der Waals surface area contributed by atoms with Crippen molar-refractivity contribution in [2.75, 3.05) is 5.32 Å². The second-order valence-corrected chi connectivity index (χ2v) is 9.88. The number of carbonyl (C=O) groups is 1. The van der Waals surface area contributed by atoms with Crippen molar-refractivity contribution < 1.29 is 9.18 Å². The van der Waals surface area contributed by atoms with Crippen molar-refractivity contribution in [3.63, 3.8) is 0 Å². The van der Waals surface area contributed by atoms with Crippen LogP contribution in [0.1, 0.15) is 48.2 Å². The van der Waals surface area contributed by atoms with Gasteiger partial charge >= 0.3 is 0 Å². The molecule has 6 rings (SSSR count). The van der Waals surface area contributed by atoms with Gasteiger partial charge in [0.1, 0.15) is 5.82 Å². The molecule has 0 bridgehead atoms. The van der Waals surface area contributed by atoms with Crippen LogP contribution in [0.2, 0.25) is 0 Å². The first kappa shape index (κ1) is 21.9. The minimum atomic E-state index is -0.219. The van der Waals surface area contributed by atoms with Crippen LogP contribution in [0, 0.1) is 11.7 Å². The molecule has 1 heterocycles. The summed E-state index contributed by atoms with van der Waals surface area (Å²) in [6, 6.07) is 19.2. The third-order valence-electron chi connectivity index (χ3n) is 7.39. The Balaban J connectivity index is 1.30. The topological polar surface area (TPSA) is 54.9 Å². The fourth-order valence-electron chi connectivity index (χ4n) is 5.59. The molecule has 0 spiro atoms. The number of carbonyl (C=O) groups excluding carboxylic acids is 1. The predicted molar refractivity (Wildman–Crippen MR) is 137 cm³/mol. The number of halogens is 1. The molecule has 1 amide bonds. The number of aromatic nitrogens is 2. The van der Waals surface area contributed by atoms with Gasteiger partial charge in [0, 0.05) is 5.56 Å². The number of hydrogen-bond acceptors (Lipinski definition) is 3. The predicted octanol–water partition coefficient (Wildman–Crippen LogP) is 6.45. The summed E-state index contributed by atoms with van der Waals surface area (Å²) in [5.41, 5.74) is 5.47. The molecular formula is C30H28FN3O. The first-order chi connectivity index (χ1) is 17.1. The van der Waals surface area contributed by atoms with Gasteiger partial charge in [0.25, 0.3) is 0 Å². The van der Waals surface area contributed by atoms with Crippen LogP contribution in [-0.2, 0) is 30.5 Å². The Morgan fingerprint density at radius 1 is 0.943 bits per heavy atom. The molecule has 2 aliphatic carbocycles. The van der Waals surface area contributed by atoms with E-state index in [0.29, 0.717) is 18.2 Å². The van der Waals surface area contributed by atoms with Crippen LogP contribution < -0.4 is 5.32 Å². The van der Waals surface area contributed by atoms with Gasteiger partial charge in [-0.2, -0.15) is 0 Å². The smallest absolute Gasteiger partial charge is 0.229 e. The van der Waals surface area contributed by atoms with E-state index in [-0.39, 0.29) is 18.1 Å². The van der Waals surface area contributed by atoms with Crippen molar-refractivity contribution in [1.82, 2.24) is 9.97 Å². The van der Waals surface area contributed by atoms with Crippen molar-refractivity contribution in [1.29, 1.82) is 0 Å². The number of anilines is 1. The largest absolute Gasteiger partial charge is 0.309 e. The molecule has 0 unspecified atom stereocenters. The molecule has 0 aliphatic heterocycles. The monoisotopic (exact) mass is 465 g/mol. The zero-order valence-corrected chi connectivity index (χ0v) is 19.7. The Kier molecular flexibility index (Phi) is 5.77. The second kappa shape index (κ2) is 9.21. The fourth-order valence-corrected chi connectivity index (χ4v) is 5.59. The van der Waals surface area contributed by atoms with Gasteiger partial charge in [-0.05, 0) is 65.3 Å². The highest BCUT2D eigenvalue weighted by molar-refractivity contribution is 5.93. The number of nitrogens with zero attached hydrogens (tertiary/aromatic N) is 2. The van der Waals surface area contributed by atoms with Gasteiger partial charge in [-0.3, -0.25) is 4.79 Å². The molecule has 4 nitrogen and oxygen atoms in total. The van der Waals surface area contributed by atoms with Gasteiger partial charge in [-0.25, -0.2) is 14.4 Å². The summed E-state index contributed by atoms with van der Waals surface area (Å²) in [5, 5.41) is 5.38. The van der Waals surface area contributed by atoms with Crippen LogP contribution in [0.5, 0.6) is 0 Å². The molecule has 4 aromatic rings. The van der Waals surface area contributed by atoms with Crippen LogP contribution in [0.15, 0.2) is 60.7 Å². The van der Waals surface area contributed by atoms with Crippen LogP contribution in [0.3, 0.4) is 0 Å². The number of rotatable bonds is 5. The lowest BCUT2D eigenvalue weighted by Gasteiger charge is -2.22. The summed E-state index contributed by atoms with van der Waals surface area (Å²) < 4.78 is 13.8. The molecule has 1 fully saturated rings. The standard InChI is InChI=1S/C30H28FN3O/c31-24-12-13-25-23(18-24)11-14-26-29(25)32-27(16-19-5-1-2-6-19)30(33-26)34-28(35)17-20-9-10-21-7-3-4-8-22(21)15-20/h3-4,7-10,12-13,15,18-19H,1-2,5-6,11,14,16-17H2,(H,33,34,35). The molecular weight excluding hydrogens is 437 g/mol. The highest BCUT2D eigenvalue weighted by Crippen LogP contribution is 2.35. The molecule has 3 aromatic carbocycles. The van der Waals surface area contributed by atoms with Gasteiger partial charge in [-0.15, -0.1) is 0 Å². The summed E-state index contributed by atoms with van der Waals surface area (Å²) in [5.74, 6) is 0.853. The fraction of sp³-hybridized carbons (Fsp3) is 0.300. The third kappa shape index (κ3) is 4.55. The van der Waals surface area contributed by atoms with Crippen LogP contribution >= 0.6 is 0 Å². The lowest BCUT2D eigenvalue weighted by molar-refractivity contribution is -0.115. The van der Waals surface area contributed by atoms with E-state index in [4.69, 9.17) is 9.97 Å². The third-order valence-corrected chi connectivity index (χ3v) is 7.39. The maximum atomic E-state index is 13.8. The number of nitrogens with one attached hydrogen (secondary N) is 1. The van der Waals surface area contributed by atoms with E-state index in [1.54, 1.807) is 6.07 Å². The molecule has 5 heteroatoms. The zero-order valence-electron chi connectivity index (χ0n) is 19.7. The second-order valence-electron chi connectivity index (χ2n) is 9.88. The number of amides is 1. The summed E-state index contributed by atoms with van der Waals surface area (Å²) in [4.78, 5) is 23.1. The lowest BCUT2D eigenvalue weighted by atomic mass is 9.91. The summed E-state index contributed by atoms with van der Waals surface area (Å²) in [6.07, 6.45) is 7.37. The SMILES string of the molecule is O=C(Cc1ccc2ccccc2c1)Nc1nc2c(nc1CC1CCCC1)-c1ccc(F)cc1CC2. The molecule has 1 aromatic heterocycles. The Hall–Kier alpha value is -3.60. The Bertz CT molecular complexity index is 1420. The van der Waals surface area contributed by atoms with Crippen LogP contribution in [0.25, 0.3) is 22.0 Å². The maximum absolute atomic E-state index is 13.8. The van der Waals surface area contributed by atoms with Crippen molar-refractivity contribution in [2.24, 2.45) is 5.92 Å². The van der Waals surface area contributed by atoms with Crippen molar-refractivity contribution >= 4 is 22.5 Å². The molecule has 0 saturated heterocycles. The Labute approximate surface area is 204 Å². The van der Waals surface area contributed by atoms with E-state index >= 15 is 0 Å². The highest BCUT2D eigenvalue weighted by atomic mass is 19.1. The van der Waals surface area contributed by atoms with Gasteiger partial charge in [-0.1, -0.05) is 68.1 Å². The molecule has 0 radical (unpaired) electrons. The van der Waals surface area contributed by atoms with Gasteiger partial charge < -0.3 is 5.32 Å². The van der Waals surface area contributed by atoms with Gasteiger partial charge in [0.2, 0.25) is 5.91 Å². The highest BCUT2D eigenvalue weighted by Gasteiger charge is 2.25. The van der Waals surface area contributed by atoms with Gasteiger partial charge in [0.15, 0.2) is 5.82 Å². The zero-order chi connectivity index (χ0) is 23.8. The van der Waals surface area contributed by atoms with Crippen molar-refractivity contribution in [3.8, 4) is 11.3 Å². The number of aryl methyl sites for hydroxylation is 2. The molecule has 0 atom stereocenters. The van der Waals surface area contributed by atoms with Gasteiger partial charge in [0.05, 0.1) is 23.5 Å². The number of fused-ring (bicyclic) bond motifs is 4. The Morgan fingerprint density at radius 3 is 2.63 bits per heavy atom. The normalized spacial score (nSPS) is 15.1. The van der Waals surface area contributed by atoms with Crippen LogP contribution in [0.4, 0.5) is 10.2 Å². The molecule has 35 heavy (non-hydrogen) atoms. The lowest BCUT2D eigenvalue weighted by Crippen LogP contribution is -2.20. The quantitative estimate of drug-likeness (QED) is 0.369. The Morgan fingerprint density at radius 2 is 1.77 bits per heavy atom. The summed E-state index contributed by atoms with van der Waals surface area (Å²) in [6.45, 7) is 0. The van der Waals surface area contributed by atoms with Crippen molar-refractivity contribution in [2.45, 2.75) is 51.4 Å². The van der Waals surface area contributed by atoms with Crippen molar-refractivity contribution in [3.05, 3.63) is 89.0 Å². The van der Waals surface area contributed by atoms with E-state index in [0.717, 1.165) is 57.4 Å². The summed E-state index contributed by atoms with van der Waals surface area (Å²) in [7, 11) is 0. The number of benzene rings is 3. The molecule has 1 saturated carbocycles. The first-order valence-corrected chi connectivity index (χ1v) is 12.6. The first-order valence-electron chi connectivity index (χ1n) is 12.6. The average Bonchev–Trinajstić information content (AvgIpc) is 3.37. The van der Waals surface area contributed by atoms with E-state index < -0.39 is 0 Å². The molecule has 2 aliphatic rings. The van der Waals surface area contributed by atoms with E-state index in [1.165, 1.54) is 31.7 Å². The number of hydrogen-bond donors (Lipinski definition) is 1. The maximum Gasteiger partial charge on any atom is 0.229 e. The minimum Gasteiger partial charge on any atom is -0.309 e. The van der Waals surface area contributed by atoms with E-state index in [1.807, 2.05) is 24.3 Å². The molecule has 1 N–H and O–H groups in total. The van der Waals surface area contributed by atoms with E-state index in [9.17, 15) is 9.18 Å². The van der Waals surface area contributed by atoms with E-state index in [2.05, 4.69) is 29.6 Å². The average molecular weight is 466 g/mol. The molecule has 176 valence electrons. The minimum absolute atomic E-state index is 0.0829. The van der Waals surface area contributed by atoms with Crippen LogP contribution in [-0.4, -0.2) is 15.9 Å².